The quantitative estimate of drug-likeness (QED) is 0.691. The Morgan fingerprint density at radius 1 is 1.20 bits per heavy atom. The number of nitrogens with one attached hydrogen (secondary N) is 1. The molecule has 0 unspecified atom stereocenters. The SMILES string of the molecule is COc1ccc(Cl)cc1-c1nn(-c2cccc(Cl)c2C)c2c1CCN2. The summed E-state index contributed by atoms with van der Waals surface area (Å²) in [6, 6.07) is 11.4. The molecule has 25 heavy (non-hydrogen) atoms. The maximum atomic E-state index is 6.31. The van der Waals surface area contributed by atoms with Gasteiger partial charge in [-0.05, 0) is 49.2 Å². The molecule has 1 aromatic heterocycles. The van der Waals surface area contributed by atoms with E-state index in [2.05, 4.69) is 5.32 Å². The van der Waals surface area contributed by atoms with E-state index >= 15 is 0 Å². The molecule has 3 aromatic rings. The van der Waals surface area contributed by atoms with Crippen molar-refractivity contribution in [1.82, 2.24) is 9.78 Å². The van der Waals surface area contributed by atoms with E-state index in [1.54, 1.807) is 7.11 Å². The molecule has 0 saturated heterocycles. The van der Waals surface area contributed by atoms with Crippen molar-refractivity contribution in [3.05, 3.63) is 57.6 Å². The first-order valence-electron chi connectivity index (χ1n) is 8.05. The molecule has 1 aliphatic rings. The van der Waals surface area contributed by atoms with Crippen LogP contribution >= 0.6 is 23.2 Å². The summed E-state index contributed by atoms with van der Waals surface area (Å²) < 4.78 is 7.45. The number of methoxy groups -OCH3 is 1. The zero-order chi connectivity index (χ0) is 17.6. The molecule has 6 heteroatoms. The molecule has 0 saturated carbocycles. The number of ether oxygens (including phenoxy) is 1. The van der Waals surface area contributed by atoms with Crippen LogP contribution in [0.2, 0.25) is 10.0 Å². The van der Waals surface area contributed by atoms with Crippen LogP contribution in [0.25, 0.3) is 16.9 Å². The van der Waals surface area contributed by atoms with Crippen molar-refractivity contribution < 1.29 is 4.74 Å². The Balaban J connectivity index is 1.96. The molecule has 0 atom stereocenters. The molecule has 2 aromatic carbocycles. The van der Waals surface area contributed by atoms with Gasteiger partial charge in [0.2, 0.25) is 0 Å². The highest BCUT2D eigenvalue weighted by Crippen LogP contribution is 2.40. The van der Waals surface area contributed by atoms with Gasteiger partial charge in [0, 0.05) is 27.7 Å². The van der Waals surface area contributed by atoms with Crippen molar-refractivity contribution in [1.29, 1.82) is 0 Å². The van der Waals surface area contributed by atoms with Gasteiger partial charge in [0.1, 0.15) is 17.3 Å². The third-order valence-corrected chi connectivity index (χ3v) is 5.18. The molecule has 0 spiro atoms. The topological polar surface area (TPSA) is 39.1 Å². The van der Waals surface area contributed by atoms with E-state index < -0.39 is 0 Å². The Bertz CT molecular complexity index is 966. The van der Waals surface area contributed by atoms with Gasteiger partial charge >= 0.3 is 0 Å². The number of benzene rings is 2. The lowest BCUT2D eigenvalue weighted by atomic mass is 10.1. The Labute approximate surface area is 156 Å². The second kappa shape index (κ2) is 6.28. The van der Waals surface area contributed by atoms with Crippen LogP contribution in [0, 0.1) is 6.92 Å². The Kier molecular flexibility index (Phi) is 4.10. The van der Waals surface area contributed by atoms with Gasteiger partial charge in [0.15, 0.2) is 0 Å². The molecule has 0 radical (unpaired) electrons. The van der Waals surface area contributed by atoms with Crippen molar-refractivity contribution in [3.63, 3.8) is 0 Å². The summed E-state index contributed by atoms with van der Waals surface area (Å²) in [6.07, 6.45) is 0.903. The first-order valence-corrected chi connectivity index (χ1v) is 8.81. The number of fused-ring (bicyclic) bond motifs is 1. The number of nitrogens with zero attached hydrogens (tertiary/aromatic N) is 2. The molecule has 2 heterocycles. The van der Waals surface area contributed by atoms with Gasteiger partial charge in [0.25, 0.3) is 0 Å². The molecule has 4 rings (SSSR count). The van der Waals surface area contributed by atoms with E-state index in [0.717, 1.165) is 52.1 Å². The Morgan fingerprint density at radius 3 is 2.84 bits per heavy atom. The molecule has 0 fully saturated rings. The van der Waals surface area contributed by atoms with Gasteiger partial charge in [-0.15, -0.1) is 0 Å². The van der Waals surface area contributed by atoms with Crippen LogP contribution in [0.1, 0.15) is 11.1 Å². The van der Waals surface area contributed by atoms with E-state index in [9.17, 15) is 0 Å². The molecule has 0 amide bonds. The van der Waals surface area contributed by atoms with E-state index in [-0.39, 0.29) is 0 Å². The number of halogens is 2. The van der Waals surface area contributed by atoms with E-state index in [0.29, 0.717) is 5.02 Å². The largest absolute Gasteiger partial charge is 0.496 e. The van der Waals surface area contributed by atoms with Gasteiger partial charge in [0.05, 0.1) is 12.8 Å². The Hall–Kier alpha value is -2.17. The highest BCUT2D eigenvalue weighted by Gasteiger charge is 2.26. The van der Waals surface area contributed by atoms with E-state index in [1.807, 2.05) is 48.0 Å². The first-order chi connectivity index (χ1) is 12.1. The fourth-order valence-electron chi connectivity index (χ4n) is 3.26. The number of hydrogen-bond acceptors (Lipinski definition) is 3. The maximum Gasteiger partial charge on any atom is 0.133 e. The van der Waals surface area contributed by atoms with Crippen LogP contribution in [-0.2, 0) is 6.42 Å². The van der Waals surface area contributed by atoms with Gasteiger partial charge < -0.3 is 10.1 Å². The third kappa shape index (κ3) is 2.66. The minimum Gasteiger partial charge on any atom is -0.496 e. The van der Waals surface area contributed by atoms with Crippen molar-refractivity contribution in [2.75, 3.05) is 19.0 Å². The van der Waals surface area contributed by atoms with Gasteiger partial charge in [-0.1, -0.05) is 29.3 Å². The smallest absolute Gasteiger partial charge is 0.133 e. The summed E-state index contributed by atoms with van der Waals surface area (Å²) in [7, 11) is 1.66. The van der Waals surface area contributed by atoms with Crippen LogP contribution in [0.5, 0.6) is 5.75 Å². The van der Waals surface area contributed by atoms with Crippen molar-refractivity contribution in [2.45, 2.75) is 13.3 Å². The fraction of sp³-hybridized carbons (Fsp3) is 0.211. The van der Waals surface area contributed by atoms with E-state index in [4.69, 9.17) is 33.0 Å². The van der Waals surface area contributed by atoms with Gasteiger partial charge in [-0.25, -0.2) is 4.68 Å². The normalized spacial score (nSPS) is 12.8. The summed E-state index contributed by atoms with van der Waals surface area (Å²) in [5.41, 5.74) is 4.91. The minimum absolute atomic E-state index is 0.656. The number of anilines is 1. The van der Waals surface area contributed by atoms with E-state index in [1.165, 1.54) is 5.56 Å². The molecule has 1 aliphatic heterocycles. The predicted octanol–water partition coefficient (Wildman–Crippen LogP) is 5.13. The number of aromatic nitrogens is 2. The average molecular weight is 374 g/mol. The maximum absolute atomic E-state index is 6.31. The monoisotopic (exact) mass is 373 g/mol. The summed E-state index contributed by atoms with van der Waals surface area (Å²) in [5.74, 6) is 1.76. The third-order valence-electron chi connectivity index (χ3n) is 4.53. The van der Waals surface area contributed by atoms with Crippen LogP contribution in [0.4, 0.5) is 5.82 Å². The summed E-state index contributed by atoms with van der Waals surface area (Å²) in [6.45, 7) is 2.88. The second-order valence-electron chi connectivity index (χ2n) is 5.99. The molecule has 1 N–H and O–H groups in total. The predicted molar refractivity (Wildman–Crippen MR) is 103 cm³/mol. The minimum atomic E-state index is 0.656. The number of rotatable bonds is 3. The van der Waals surface area contributed by atoms with Crippen molar-refractivity contribution in [3.8, 4) is 22.7 Å². The highest BCUT2D eigenvalue weighted by atomic mass is 35.5. The van der Waals surface area contributed by atoms with Crippen LogP contribution in [0.3, 0.4) is 0 Å². The van der Waals surface area contributed by atoms with Crippen LogP contribution in [-0.4, -0.2) is 23.4 Å². The molecule has 128 valence electrons. The van der Waals surface area contributed by atoms with Crippen LogP contribution < -0.4 is 10.1 Å². The van der Waals surface area contributed by atoms with Crippen molar-refractivity contribution in [2.24, 2.45) is 0 Å². The summed E-state index contributed by atoms with van der Waals surface area (Å²) in [5, 5.41) is 9.70. The molecule has 0 aliphatic carbocycles. The summed E-state index contributed by atoms with van der Waals surface area (Å²) in [4.78, 5) is 0. The molecular weight excluding hydrogens is 357 g/mol. The van der Waals surface area contributed by atoms with Crippen LogP contribution in [0.15, 0.2) is 36.4 Å². The molecule has 0 bridgehead atoms. The molecule has 4 nitrogen and oxygen atoms in total. The molecular formula is C19H17Cl2N3O. The van der Waals surface area contributed by atoms with Gasteiger partial charge in [-0.2, -0.15) is 5.10 Å². The second-order valence-corrected chi connectivity index (χ2v) is 6.84. The lowest BCUT2D eigenvalue weighted by Gasteiger charge is -2.11. The zero-order valence-electron chi connectivity index (χ0n) is 13.9. The zero-order valence-corrected chi connectivity index (χ0v) is 15.4. The first kappa shape index (κ1) is 16.3. The standard InChI is InChI=1S/C19H17Cl2N3O/c1-11-15(21)4-3-5-16(11)24-19-13(8-9-22-19)18(23-24)14-10-12(20)6-7-17(14)25-2/h3-7,10,22H,8-9H2,1-2H3. The lowest BCUT2D eigenvalue weighted by Crippen LogP contribution is -2.06. The highest BCUT2D eigenvalue weighted by molar-refractivity contribution is 6.31. The fourth-order valence-corrected chi connectivity index (χ4v) is 3.60. The Morgan fingerprint density at radius 2 is 2.04 bits per heavy atom. The van der Waals surface area contributed by atoms with Crippen molar-refractivity contribution >= 4 is 29.0 Å². The lowest BCUT2D eigenvalue weighted by molar-refractivity contribution is 0.416. The average Bonchev–Trinajstić information content (AvgIpc) is 3.20. The number of hydrogen-bond donors (Lipinski definition) is 1. The summed E-state index contributed by atoms with van der Waals surface area (Å²) >= 11 is 12.5. The van der Waals surface area contributed by atoms with Gasteiger partial charge in [-0.3, -0.25) is 0 Å².